The highest BCUT2D eigenvalue weighted by Gasteiger charge is 2.17. The van der Waals surface area contributed by atoms with Gasteiger partial charge in [-0.15, -0.1) is 0 Å². The van der Waals surface area contributed by atoms with E-state index in [-0.39, 0.29) is 0 Å². The van der Waals surface area contributed by atoms with Crippen LogP contribution in [0.15, 0.2) is 24.8 Å². The SMILES string of the molecule is C=Cc1ccc(C)c(C(C)(C)O)c1. The van der Waals surface area contributed by atoms with Crippen molar-refractivity contribution in [3.63, 3.8) is 0 Å². The van der Waals surface area contributed by atoms with Crippen molar-refractivity contribution >= 4 is 6.08 Å². The Hall–Kier alpha value is -1.08. The zero-order valence-corrected chi connectivity index (χ0v) is 8.46. The fourth-order valence-corrected chi connectivity index (χ4v) is 1.43. The summed E-state index contributed by atoms with van der Waals surface area (Å²) in [6.07, 6.45) is 1.79. The first-order chi connectivity index (χ1) is 5.95. The van der Waals surface area contributed by atoms with Gasteiger partial charge < -0.3 is 5.11 Å². The second-order valence-electron chi connectivity index (χ2n) is 3.84. The van der Waals surface area contributed by atoms with Crippen LogP contribution in [0.4, 0.5) is 0 Å². The van der Waals surface area contributed by atoms with Crippen LogP contribution in [0.3, 0.4) is 0 Å². The number of benzene rings is 1. The van der Waals surface area contributed by atoms with E-state index in [9.17, 15) is 5.11 Å². The largest absolute Gasteiger partial charge is 0.386 e. The van der Waals surface area contributed by atoms with Gasteiger partial charge in [-0.1, -0.05) is 24.8 Å². The van der Waals surface area contributed by atoms with E-state index in [2.05, 4.69) is 6.58 Å². The van der Waals surface area contributed by atoms with Gasteiger partial charge in [0.05, 0.1) is 5.60 Å². The predicted octanol–water partition coefficient (Wildman–Crippen LogP) is 2.87. The van der Waals surface area contributed by atoms with Crippen LogP contribution in [0.5, 0.6) is 0 Å². The third kappa shape index (κ3) is 2.19. The van der Waals surface area contributed by atoms with Crippen LogP contribution in [0, 0.1) is 6.92 Å². The summed E-state index contributed by atoms with van der Waals surface area (Å²) < 4.78 is 0. The molecule has 13 heavy (non-hydrogen) atoms. The number of aliphatic hydroxyl groups is 1. The van der Waals surface area contributed by atoms with Crippen LogP contribution < -0.4 is 0 Å². The number of aryl methyl sites for hydroxylation is 1. The molecule has 1 N–H and O–H groups in total. The highest BCUT2D eigenvalue weighted by Crippen LogP contribution is 2.24. The third-order valence-corrected chi connectivity index (χ3v) is 2.16. The Labute approximate surface area is 79.7 Å². The predicted molar refractivity (Wildman–Crippen MR) is 56.5 cm³/mol. The van der Waals surface area contributed by atoms with Gasteiger partial charge in [0, 0.05) is 0 Å². The maximum Gasteiger partial charge on any atom is 0.0843 e. The zero-order valence-electron chi connectivity index (χ0n) is 8.46. The van der Waals surface area contributed by atoms with Gasteiger partial charge in [0.15, 0.2) is 0 Å². The first-order valence-corrected chi connectivity index (χ1v) is 4.41. The molecule has 0 spiro atoms. The molecule has 0 heterocycles. The van der Waals surface area contributed by atoms with Crippen LogP contribution in [0.1, 0.15) is 30.5 Å². The Morgan fingerprint density at radius 2 is 2.00 bits per heavy atom. The Morgan fingerprint density at radius 1 is 1.38 bits per heavy atom. The molecular formula is C12H16O. The summed E-state index contributed by atoms with van der Waals surface area (Å²) in [7, 11) is 0. The molecule has 0 atom stereocenters. The molecule has 1 heteroatoms. The van der Waals surface area contributed by atoms with Crippen molar-refractivity contribution in [2.75, 3.05) is 0 Å². The Morgan fingerprint density at radius 3 is 2.46 bits per heavy atom. The molecule has 1 rings (SSSR count). The maximum absolute atomic E-state index is 9.86. The topological polar surface area (TPSA) is 20.2 Å². The van der Waals surface area contributed by atoms with Gasteiger partial charge in [-0.2, -0.15) is 0 Å². The molecule has 1 aromatic rings. The summed E-state index contributed by atoms with van der Waals surface area (Å²) in [6, 6.07) is 5.98. The lowest BCUT2D eigenvalue weighted by atomic mass is 9.92. The van der Waals surface area contributed by atoms with Gasteiger partial charge in [-0.25, -0.2) is 0 Å². The number of hydrogen-bond donors (Lipinski definition) is 1. The van der Waals surface area contributed by atoms with Crippen LogP contribution in [0.2, 0.25) is 0 Å². The standard InChI is InChI=1S/C12H16O/c1-5-10-7-6-9(2)11(8-10)12(3,4)13/h5-8,13H,1H2,2-4H3. The Balaban J connectivity index is 3.27. The lowest BCUT2D eigenvalue weighted by Gasteiger charge is -2.20. The number of hydrogen-bond acceptors (Lipinski definition) is 1. The van der Waals surface area contributed by atoms with E-state index in [1.807, 2.05) is 25.1 Å². The van der Waals surface area contributed by atoms with E-state index >= 15 is 0 Å². The fourth-order valence-electron chi connectivity index (χ4n) is 1.43. The second-order valence-corrected chi connectivity index (χ2v) is 3.84. The average Bonchev–Trinajstić information content (AvgIpc) is 2.03. The molecule has 0 saturated carbocycles. The Kier molecular flexibility index (Phi) is 2.58. The van der Waals surface area contributed by atoms with Crippen molar-refractivity contribution in [3.05, 3.63) is 41.5 Å². The van der Waals surface area contributed by atoms with E-state index in [4.69, 9.17) is 0 Å². The molecule has 0 aliphatic heterocycles. The summed E-state index contributed by atoms with van der Waals surface area (Å²) in [5.74, 6) is 0. The molecule has 0 aromatic heterocycles. The van der Waals surface area contributed by atoms with Gasteiger partial charge in [0.25, 0.3) is 0 Å². The molecule has 0 bridgehead atoms. The minimum absolute atomic E-state index is 0.775. The molecule has 0 fully saturated rings. The van der Waals surface area contributed by atoms with E-state index in [1.54, 1.807) is 19.9 Å². The molecule has 70 valence electrons. The van der Waals surface area contributed by atoms with Crippen LogP contribution in [-0.2, 0) is 5.60 Å². The van der Waals surface area contributed by atoms with E-state index in [1.165, 1.54) is 0 Å². The quantitative estimate of drug-likeness (QED) is 0.734. The molecule has 0 aliphatic rings. The normalized spacial score (nSPS) is 11.4. The maximum atomic E-state index is 9.86. The van der Waals surface area contributed by atoms with E-state index < -0.39 is 5.60 Å². The van der Waals surface area contributed by atoms with Crippen molar-refractivity contribution in [3.8, 4) is 0 Å². The molecule has 0 unspecified atom stereocenters. The molecule has 1 aromatic carbocycles. The highest BCUT2D eigenvalue weighted by molar-refractivity contribution is 5.50. The van der Waals surface area contributed by atoms with E-state index in [0.29, 0.717) is 0 Å². The first-order valence-electron chi connectivity index (χ1n) is 4.41. The third-order valence-electron chi connectivity index (χ3n) is 2.16. The van der Waals surface area contributed by atoms with Crippen LogP contribution >= 0.6 is 0 Å². The van der Waals surface area contributed by atoms with Crippen molar-refractivity contribution in [1.29, 1.82) is 0 Å². The molecule has 1 nitrogen and oxygen atoms in total. The second kappa shape index (κ2) is 3.35. The van der Waals surface area contributed by atoms with Gasteiger partial charge in [-0.05, 0) is 43.5 Å². The van der Waals surface area contributed by atoms with Crippen LogP contribution in [0.25, 0.3) is 6.08 Å². The van der Waals surface area contributed by atoms with Gasteiger partial charge in [0.2, 0.25) is 0 Å². The smallest absolute Gasteiger partial charge is 0.0843 e. The molecule has 0 aliphatic carbocycles. The molecule has 0 saturated heterocycles. The monoisotopic (exact) mass is 176 g/mol. The van der Waals surface area contributed by atoms with E-state index in [0.717, 1.165) is 16.7 Å². The van der Waals surface area contributed by atoms with Crippen molar-refractivity contribution in [1.82, 2.24) is 0 Å². The lowest BCUT2D eigenvalue weighted by Crippen LogP contribution is -2.17. The molecule has 0 radical (unpaired) electrons. The van der Waals surface area contributed by atoms with Crippen molar-refractivity contribution in [2.24, 2.45) is 0 Å². The summed E-state index contributed by atoms with van der Waals surface area (Å²) in [5, 5.41) is 9.86. The van der Waals surface area contributed by atoms with Gasteiger partial charge >= 0.3 is 0 Å². The summed E-state index contributed by atoms with van der Waals surface area (Å²) >= 11 is 0. The summed E-state index contributed by atoms with van der Waals surface area (Å²) in [6.45, 7) is 9.29. The Bertz CT molecular complexity index is 318. The first kappa shape index (κ1) is 10.0. The number of rotatable bonds is 2. The molecule has 0 amide bonds. The lowest BCUT2D eigenvalue weighted by molar-refractivity contribution is 0.0779. The van der Waals surface area contributed by atoms with Gasteiger partial charge in [0.1, 0.15) is 0 Å². The minimum Gasteiger partial charge on any atom is -0.386 e. The van der Waals surface area contributed by atoms with Gasteiger partial charge in [-0.3, -0.25) is 0 Å². The summed E-state index contributed by atoms with van der Waals surface area (Å²) in [5.41, 5.74) is 2.34. The summed E-state index contributed by atoms with van der Waals surface area (Å²) in [4.78, 5) is 0. The fraction of sp³-hybridized carbons (Fsp3) is 0.333. The van der Waals surface area contributed by atoms with Crippen molar-refractivity contribution in [2.45, 2.75) is 26.4 Å². The zero-order chi connectivity index (χ0) is 10.1. The van der Waals surface area contributed by atoms with Crippen molar-refractivity contribution < 1.29 is 5.11 Å². The minimum atomic E-state index is -0.775. The molecular weight excluding hydrogens is 160 g/mol. The van der Waals surface area contributed by atoms with Crippen LogP contribution in [-0.4, -0.2) is 5.11 Å². The average molecular weight is 176 g/mol. The highest BCUT2D eigenvalue weighted by atomic mass is 16.3.